The van der Waals surface area contributed by atoms with E-state index in [1.807, 2.05) is 6.07 Å². The minimum absolute atomic E-state index is 0.0184. The van der Waals surface area contributed by atoms with Crippen molar-refractivity contribution in [3.05, 3.63) is 314 Å². The number of nitrogens with zero attached hydrogens (tertiary/aromatic N) is 1. The first kappa shape index (κ1) is 89.2. The molecule has 20 fully saturated rings. The van der Waals surface area contributed by atoms with Crippen molar-refractivity contribution in [1.29, 1.82) is 0 Å². The van der Waals surface area contributed by atoms with Gasteiger partial charge in [-0.05, 0) is 488 Å². The van der Waals surface area contributed by atoms with E-state index in [4.69, 9.17) is 5.73 Å². The first-order valence-electron chi connectivity index (χ1n) is 53.1. The zero-order valence-electron chi connectivity index (χ0n) is 81.2. The van der Waals surface area contributed by atoms with Crippen molar-refractivity contribution in [3.63, 3.8) is 0 Å². The van der Waals surface area contributed by atoms with Gasteiger partial charge in [0.1, 0.15) is 5.75 Å². The van der Waals surface area contributed by atoms with Crippen LogP contribution < -0.4 is 20.1 Å². The van der Waals surface area contributed by atoms with Crippen molar-refractivity contribution in [1.82, 2.24) is 0 Å². The second kappa shape index (κ2) is 33.0. The van der Waals surface area contributed by atoms with E-state index in [1.54, 1.807) is 34.4 Å². The number of benzene rings is 11. The van der Waals surface area contributed by atoms with Crippen molar-refractivity contribution < 1.29 is 25.8 Å². The van der Waals surface area contributed by atoms with Gasteiger partial charge in [-0.1, -0.05) is 221 Å². The van der Waals surface area contributed by atoms with Gasteiger partial charge in [-0.2, -0.15) is 21.6 Å². The minimum atomic E-state index is -5.61. The van der Waals surface area contributed by atoms with Crippen LogP contribution in [0.3, 0.4) is 0 Å². The molecule has 0 aromatic heterocycles. The quantitative estimate of drug-likeness (QED) is 0.0720. The van der Waals surface area contributed by atoms with Gasteiger partial charge in [0, 0.05) is 54.8 Å². The molecule has 708 valence electrons. The summed E-state index contributed by atoms with van der Waals surface area (Å²) in [7, 11) is -5.61. The van der Waals surface area contributed by atoms with Crippen LogP contribution in [0.5, 0.6) is 5.75 Å². The molecule has 0 saturated heterocycles. The Balaban J connectivity index is 0.0000000971. The van der Waals surface area contributed by atoms with Gasteiger partial charge in [0.2, 0.25) is 0 Å². The summed E-state index contributed by atoms with van der Waals surface area (Å²) in [5.74, 6) is 13.8. The SMILES string of the molecule is Brc1ccccc1C12CC3CC(CC(C3)C1)C2.CC1(C)c2ccccc2-c2ccc(N(c3ccc(C45CC6CC(CC(C6)C4)C5)cc3)c3ccccc3C34CC5CC(CC(C5)C3)C4)cc21.CC1(C)c2ccccc2-c2ccc(N)cc21.CC1(C)c2ccccc2-c2ccc(Nc3ccc(C45CC6CC(CC(C6)C4)C5)cc3)cc21.O=S(=O)(Oc1ccc(C23CC4CC(CC(C4)C2)C3)cc1)C(F)(F)F. The molecule has 0 atom stereocenters. The van der Waals surface area contributed by atoms with Gasteiger partial charge in [0.15, 0.2) is 0 Å². The molecule has 11 aromatic rings. The lowest BCUT2D eigenvalue weighted by atomic mass is 9.48. The molecule has 34 rings (SSSR count). The normalized spacial score (nSPS) is 33.1. The molecule has 23 aliphatic carbocycles. The van der Waals surface area contributed by atoms with Crippen LogP contribution in [0.15, 0.2) is 253 Å². The molecular weight excluding hydrogens is 1770 g/mol. The number of anilines is 6. The summed E-state index contributed by atoms with van der Waals surface area (Å²) in [6, 6.07) is 91.6. The molecule has 11 heteroatoms. The second-order valence-electron chi connectivity index (χ2n) is 49.9. The van der Waals surface area contributed by atoms with E-state index >= 15 is 0 Å². The van der Waals surface area contributed by atoms with Crippen LogP contribution in [-0.4, -0.2) is 13.9 Å². The lowest BCUT2D eigenvalue weighted by Gasteiger charge is -2.57. The number of rotatable bonds is 12. The highest BCUT2D eigenvalue weighted by atomic mass is 79.9. The third-order valence-corrected chi connectivity index (χ3v) is 41.5. The predicted octanol–water partition coefficient (Wildman–Crippen LogP) is 33.5. The molecule has 23 aliphatic rings. The van der Waals surface area contributed by atoms with Crippen molar-refractivity contribution in [3.8, 4) is 39.1 Å². The standard InChI is InChI=1S/C47H51N.C31H33N.C17H19F3O3S.C16H19Br.C15H15N/c1-45(2)41-8-4-3-7-39(41)40-16-15-38(23-43(40)45)48(37-13-11-36(12-14-37)46-24-30-17-31(25-46)19-32(18-30)26-46)44-10-6-5-9-42(44)47-27-33-20-34(28-47)22-35(21-33)29-47;1-30(2)28-6-4-3-5-26(28)27-12-11-25(16-29(27)30)32-24-9-7-23(8-10-24)31-17-20-13-21(18-31)15-22(14-20)19-31;18-17(19,20)24(21,22)23-15-3-1-14(2-4-15)16-8-11-5-12(9-16)7-13(6-11)10-16;17-15-4-2-1-3-14(15)16-8-11-5-12(9-16)7-13(6-11)10-16;1-15(2)13-6-4-3-5-11(13)12-8-7-10(16)9-14(12)15/h3-16,23,30-35H,17-22,24-29H2,1-2H3;3-12,16,20-22,32H,13-15,17-19H2,1-2H3;1-4,11-13H,5-10H2;1-4,11-13H,5-10H2;3-9H,16H2,1-2H3. The zero-order chi connectivity index (χ0) is 93.3. The number of hydrogen-bond donors (Lipinski definition) is 2. The fourth-order valence-corrected chi connectivity index (χ4v) is 37.3. The lowest BCUT2D eigenvalue weighted by Crippen LogP contribution is -2.49. The second-order valence-corrected chi connectivity index (χ2v) is 52.3. The topological polar surface area (TPSA) is 84.7 Å². The molecule has 20 saturated carbocycles. The van der Waals surface area contributed by atoms with Gasteiger partial charge < -0.3 is 20.1 Å². The van der Waals surface area contributed by atoms with Crippen LogP contribution in [0.1, 0.15) is 295 Å². The van der Waals surface area contributed by atoms with Crippen molar-refractivity contribution in [2.75, 3.05) is 16.0 Å². The van der Waals surface area contributed by atoms with E-state index in [1.165, 1.54) is 285 Å². The number of halogens is 4. The summed E-state index contributed by atoms with van der Waals surface area (Å²) in [6.07, 6.45) is 42.6. The molecule has 0 unspecified atom stereocenters. The maximum atomic E-state index is 12.4. The van der Waals surface area contributed by atoms with Gasteiger partial charge in [0.05, 0.1) is 0 Å². The van der Waals surface area contributed by atoms with Crippen LogP contribution in [0.2, 0.25) is 0 Å². The van der Waals surface area contributed by atoms with Gasteiger partial charge in [-0.3, -0.25) is 0 Å². The fourth-order valence-electron chi connectivity index (χ4n) is 36.1. The molecule has 3 N–H and O–H groups in total. The summed E-state index contributed by atoms with van der Waals surface area (Å²) < 4.78 is 64.9. The Labute approximate surface area is 821 Å². The molecule has 0 spiro atoms. The van der Waals surface area contributed by atoms with Gasteiger partial charge >= 0.3 is 15.6 Å². The minimum Gasteiger partial charge on any atom is -0.399 e. The van der Waals surface area contributed by atoms with Crippen LogP contribution >= 0.6 is 15.9 Å². The Kier molecular flexibility index (Phi) is 21.5. The third-order valence-electron chi connectivity index (χ3n) is 39.8. The Morgan fingerprint density at radius 2 is 0.591 bits per heavy atom. The van der Waals surface area contributed by atoms with E-state index in [2.05, 4.69) is 290 Å². The number of fused-ring (bicyclic) bond motifs is 9. The predicted molar refractivity (Wildman–Crippen MR) is 556 cm³/mol. The maximum absolute atomic E-state index is 12.4. The highest BCUT2D eigenvalue weighted by Gasteiger charge is 2.59. The van der Waals surface area contributed by atoms with Crippen molar-refractivity contribution >= 4 is 60.2 Å². The van der Waals surface area contributed by atoms with Crippen molar-refractivity contribution in [2.45, 2.75) is 283 Å². The average molecular weight is 1910 g/mol. The van der Waals surface area contributed by atoms with E-state index < -0.39 is 15.6 Å². The summed E-state index contributed by atoms with van der Waals surface area (Å²) in [4.78, 5) is 2.68. The highest BCUT2D eigenvalue weighted by molar-refractivity contribution is 9.10. The first-order chi connectivity index (χ1) is 65.9. The lowest BCUT2D eigenvalue weighted by molar-refractivity contribution is -0.0500. The first-order valence-corrected chi connectivity index (χ1v) is 55.3. The van der Waals surface area contributed by atoms with Gasteiger partial charge in [-0.25, -0.2) is 0 Å². The van der Waals surface area contributed by atoms with E-state index in [0.29, 0.717) is 21.7 Å². The third kappa shape index (κ3) is 15.4. The molecule has 137 heavy (non-hydrogen) atoms. The maximum Gasteiger partial charge on any atom is 0.534 e. The van der Waals surface area contributed by atoms with Gasteiger partial charge in [0.25, 0.3) is 0 Å². The average Bonchev–Trinajstić information content (AvgIpc) is 1.28. The Morgan fingerprint density at radius 1 is 0.307 bits per heavy atom. The number of nitrogens with two attached hydrogens (primary N) is 1. The number of nitrogens with one attached hydrogen (secondary N) is 1. The number of nitrogen functional groups attached to an aromatic ring is 1. The van der Waals surface area contributed by atoms with Crippen LogP contribution in [-0.2, 0) is 53.4 Å². The van der Waals surface area contributed by atoms with E-state index in [9.17, 15) is 21.6 Å². The van der Waals surface area contributed by atoms with Crippen LogP contribution in [0.25, 0.3) is 33.4 Å². The Bertz CT molecular complexity index is 6460. The van der Waals surface area contributed by atoms with Crippen LogP contribution in [0.4, 0.5) is 47.3 Å². The molecule has 0 amide bonds. The Hall–Kier alpha value is -9.16. The molecular formula is C126H137BrF3N3O3S. The molecule has 20 bridgehead atoms. The van der Waals surface area contributed by atoms with E-state index in [-0.39, 0.29) is 27.4 Å². The van der Waals surface area contributed by atoms with Crippen molar-refractivity contribution in [2.24, 2.45) is 88.8 Å². The highest BCUT2D eigenvalue weighted by Crippen LogP contribution is 2.68. The molecule has 11 aromatic carbocycles. The number of hydrogen-bond acceptors (Lipinski definition) is 6. The molecule has 0 aliphatic heterocycles. The molecule has 0 heterocycles. The summed E-state index contributed by atoms with van der Waals surface area (Å²) in [5.41, 5.74) is 34.1. The molecule has 6 nitrogen and oxygen atoms in total. The summed E-state index contributed by atoms with van der Waals surface area (Å²) in [6.45, 7) is 14.1. The van der Waals surface area contributed by atoms with Crippen LogP contribution in [0, 0.1) is 88.8 Å². The summed E-state index contributed by atoms with van der Waals surface area (Å²) in [5, 5.41) is 3.70. The Morgan fingerprint density at radius 3 is 0.978 bits per heavy atom. The number of para-hydroxylation sites is 1. The fraction of sp³-hybridized carbons (Fsp3) is 0.476. The van der Waals surface area contributed by atoms with E-state index in [0.717, 1.165) is 119 Å². The zero-order valence-corrected chi connectivity index (χ0v) is 83.6. The smallest absolute Gasteiger partial charge is 0.399 e. The van der Waals surface area contributed by atoms with Gasteiger partial charge in [-0.15, -0.1) is 0 Å². The number of alkyl halides is 3. The largest absolute Gasteiger partial charge is 0.534 e. The summed E-state index contributed by atoms with van der Waals surface area (Å²) >= 11 is 3.79. The molecule has 0 radical (unpaired) electrons. The monoisotopic (exact) mass is 1910 g/mol.